The smallest absolute Gasteiger partial charge is 0.0521 e. The molecule has 0 spiro atoms. The van der Waals surface area contributed by atoms with Gasteiger partial charge in [-0.05, 0) is 35.5 Å². The van der Waals surface area contributed by atoms with Crippen molar-refractivity contribution in [3.8, 4) is 0 Å². The van der Waals surface area contributed by atoms with Crippen LogP contribution in [0.25, 0.3) is 10.9 Å². The second-order valence-corrected chi connectivity index (χ2v) is 4.61. The fourth-order valence-electron chi connectivity index (χ4n) is 2.08. The van der Waals surface area contributed by atoms with E-state index in [0.29, 0.717) is 0 Å². The minimum Gasteiger partial charge on any atom is -0.345 e. The first kappa shape index (κ1) is 10.7. The van der Waals surface area contributed by atoms with Crippen LogP contribution in [0.1, 0.15) is 11.3 Å². The van der Waals surface area contributed by atoms with E-state index in [1.165, 1.54) is 26.6 Å². The molecule has 0 atom stereocenters. The largest absolute Gasteiger partial charge is 0.345 e. The van der Waals surface area contributed by atoms with E-state index in [4.69, 9.17) is 0 Å². The number of aryl methyl sites for hydroxylation is 2. The lowest BCUT2D eigenvalue weighted by atomic mass is 10.2. The molecule has 1 N–H and O–H groups in total. The molecule has 3 heteroatoms. The van der Waals surface area contributed by atoms with Gasteiger partial charge in [0.15, 0.2) is 0 Å². The average molecular weight is 267 g/mol. The van der Waals surface area contributed by atoms with Crippen LogP contribution < -0.4 is 5.32 Å². The minimum absolute atomic E-state index is 0.880. The molecule has 0 fully saturated rings. The van der Waals surface area contributed by atoms with Gasteiger partial charge < -0.3 is 9.88 Å². The lowest BCUT2D eigenvalue weighted by Crippen LogP contribution is -2.09. The van der Waals surface area contributed by atoms with E-state index in [9.17, 15) is 0 Å². The lowest BCUT2D eigenvalue weighted by molar-refractivity contribution is 0.741. The summed E-state index contributed by atoms with van der Waals surface area (Å²) in [6.45, 7) is 3.03. The highest BCUT2D eigenvalue weighted by molar-refractivity contribution is 9.10. The summed E-state index contributed by atoms with van der Waals surface area (Å²) in [5, 5.41) is 4.49. The van der Waals surface area contributed by atoms with Gasteiger partial charge in [0.05, 0.1) is 5.52 Å². The van der Waals surface area contributed by atoms with Crippen LogP contribution in [0.5, 0.6) is 0 Å². The molecular formula is C12H15BrN2. The summed E-state index contributed by atoms with van der Waals surface area (Å²) in [6, 6.07) is 6.41. The molecule has 2 rings (SSSR count). The Labute approximate surface area is 98.4 Å². The van der Waals surface area contributed by atoms with E-state index in [2.05, 4.69) is 58.0 Å². The predicted octanol–water partition coefficient (Wildman–Crippen LogP) is 2.97. The van der Waals surface area contributed by atoms with E-state index < -0.39 is 0 Å². The fourth-order valence-corrected chi connectivity index (χ4v) is 2.81. The molecule has 80 valence electrons. The standard InChI is InChI=1S/C12H15BrN2/c1-8-5-4-6-9-11(13)10(7-14-2)15(3)12(8)9/h4-6,14H,7H2,1-3H3. The molecule has 2 aromatic rings. The zero-order valence-electron chi connectivity index (χ0n) is 9.26. The first-order valence-corrected chi connectivity index (χ1v) is 5.83. The Balaban J connectivity index is 2.79. The SMILES string of the molecule is CNCc1c(Br)c2cccc(C)c2n1C. The first-order chi connectivity index (χ1) is 7.16. The molecule has 0 amide bonds. The minimum atomic E-state index is 0.880. The topological polar surface area (TPSA) is 17.0 Å². The molecule has 1 heterocycles. The number of aromatic nitrogens is 1. The third kappa shape index (κ3) is 1.60. The number of para-hydroxylation sites is 1. The van der Waals surface area contributed by atoms with Crippen molar-refractivity contribution in [1.29, 1.82) is 0 Å². The highest BCUT2D eigenvalue weighted by Crippen LogP contribution is 2.31. The zero-order valence-corrected chi connectivity index (χ0v) is 10.9. The Morgan fingerprint density at radius 2 is 2.13 bits per heavy atom. The van der Waals surface area contributed by atoms with Crippen molar-refractivity contribution in [3.05, 3.63) is 33.9 Å². The molecule has 0 unspecified atom stereocenters. The van der Waals surface area contributed by atoms with Gasteiger partial charge in [-0.15, -0.1) is 0 Å². The summed E-state index contributed by atoms with van der Waals surface area (Å²) in [5.74, 6) is 0. The van der Waals surface area contributed by atoms with Gasteiger partial charge in [0.2, 0.25) is 0 Å². The first-order valence-electron chi connectivity index (χ1n) is 5.03. The molecule has 1 aromatic carbocycles. The van der Waals surface area contributed by atoms with Crippen LogP contribution >= 0.6 is 15.9 Å². The van der Waals surface area contributed by atoms with E-state index >= 15 is 0 Å². The van der Waals surface area contributed by atoms with Crippen molar-refractivity contribution < 1.29 is 0 Å². The van der Waals surface area contributed by atoms with Gasteiger partial charge in [0, 0.05) is 29.1 Å². The highest BCUT2D eigenvalue weighted by Gasteiger charge is 2.12. The molecular weight excluding hydrogens is 252 g/mol. The number of fused-ring (bicyclic) bond motifs is 1. The summed E-state index contributed by atoms with van der Waals surface area (Å²) in [4.78, 5) is 0. The third-order valence-electron chi connectivity index (χ3n) is 2.81. The van der Waals surface area contributed by atoms with Gasteiger partial charge in [-0.2, -0.15) is 0 Å². The van der Waals surface area contributed by atoms with Gasteiger partial charge in [-0.1, -0.05) is 18.2 Å². The van der Waals surface area contributed by atoms with Crippen molar-refractivity contribution in [2.75, 3.05) is 7.05 Å². The molecule has 0 aliphatic carbocycles. The monoisotopic (exact) mass is 266 g/mol. The second kappa shape index (κ2) is 3.99. The number of halogens is 1. The zero-order chi connectivity index (χ0) is 11.0. The van der Waals surface area contributed by atoms with E-state index in [1.54, 1.807) is 0 Å². The Kier molecular flexibility index (Phi) is 2.85. The Morgan fingerprint density at radius 1 is 1.40 bits per heavy atom. The van der Waals surface area contributed by atoms with Crippen molar-refractivity contribution in [3.63, 3.8) is 0 Å². The Bertz CT molecular complexity index is 500. The average Bonchev–Trinajstić information content (AvgIpc) is 2.45. The molecule has 1 aromatic heterocycles. The van der Waals surface area contributed by atoms with Crippen molar-refractivity contribution in [2.24, 2.45) is 7.05 Å². The molecule has 0 bridgehead atoms. The molecule has 0 saturated heterocycles. The molecule has 0 aliphatic rings. The van der Waals surface area contributed by atoms with Gasteiger partial charge in [-0.25, -0.2) is 0 Å². The van der Waals surface area contributed by atoms with Crippen LogP contribution in [-0.2, 0) is 13.6 Å². The predicted molar refractivity (Wildman–Crippen MR) is 68.1 cm³/mol. The van der Waals surface area contributed by atoms with Crippen LogP contribution in [0.2, 0.25) is 0 Å². The number of rotatable bonds is 2. The van der Waals surface area contributed by atoms with Gasteiger partial charge >= 0.3 is 0 Å². The van der Waals surface area contributed by atoms with Crippen LogP contribution in [-0.4, -0.2) is 11.6 Å². The summed E-state index contributed by atoms with van der Waals surface area (Å²) in [5.41, 5.74) is 3.93. The maximum atomic E-state index is 3.68. The van der Waals surface area contributed by atoms with E-state index in [1.807, 2.05) is 7.05 Å². The van der Waals surface area contributed by atoms with Crippen LogP contribution in [0.15, 0.2) is 22.7 Å². The second-order valence-electron chi connectivity index (χ2n) is 3.82. The fraction of sp³-hybridized carbons (Fsp3) is 0.333. The number of nitrogens with one attached hydrogen (secondary N) is 1. The van der Waals surface area contributed by atoms with Gasteiger partial charge in [0.25, 0.3) is 0 Å². The molecule has 0 radical (unpaired) electrons. The van der Waals surface area contributed by atoms with Gasteiger partial charge in [0.1, 0.15) is 0 Å². The number of nitrogens with zero attached hydrogens (tertiary/aromatic N) is 1. The van der Waals surface area contributed by atoms with E-state index in [-0.39, 0.29) is 0 Å². The van der Waals surface area contributed by atoms with E-state index in [0.717, 1.165) is 6.54 Å². The maximum absolute atomic E-state index is 3.68. The molecule has 0 aliphatic heterocycles. The van der Waals surface area contributed by atoms with Crippen LogP contribution in [0.3, 0.4) is 0 Å². The number of hydrogen-bond donors (Lipinski definition) is 1. The van der Waals surface area contributed by atoms with Crippen molar-refractivity contribution >= 4 is 26.8 Å². The van der Waals surface area contributed by atoms with Gasteiger partial charge in [-0.3, -0.25) is 0 Å². The summed E-state index contributed by atoms with van der Waals surface area (Å²) < 4.78 is 3.46. The maximum Gasteiger partial charge on any atom is 0.0521 e. The number of hydrogen-bond acceptors (Lipinski definition) is 1. The summed E-state index contributed by atoms with van der Waals surface area (Å²) >= 11 is 3.68. The summed E-state index contributed by atoms with van der Waals surface area (Å²) in [7, 11) is 4.09. The van der Waals surface area contributed by atoms with Crippen LogP contribution in [0, 0.1) is 6.92 Å². The summed E-state index contributed by atoms with van der Waals surface area (Å²) in [6.07, 6.45) is 0. The highest BCUT2D eigenvalue weighted by atomic mass is 79.9. The lowest BCUT2D eigenvalue weighted by Gasteiger charge is -2.04. The third-order valence-corrected chi connectivity index (χ3v) is 3.70. The number of benzene rings is 1. The quantitative estimate of drug-likeness (QED) is 0.885. The Hall–Kier alpha value is -0.800. The van der Waals surface area contributed by atoms with Crippen LogP contribution in [0.4, 0.5) is 0 Å². The Morgan fingerprint density at radius 3 is 2.73 bits per heavy atom. The van der Waals surface area contributed by atoms with Crippen molar-refractivity contribution in [1.82, 2.24) is 9.88 Å². The molecule has 2 nitrogen and oxygen atoms in total. The van der Waals surface area contributed by atoms with Crippen molar-refractivity contribution in [2.45, 2.75) is 13.5 Å². The normalized spacial score (nSPS) is 11.2. The molecule has 15 heavy (non-hydrogen) atoms. The molecule has 0 saturated carbocycles.